The van der Waals surface area contributed by atoms with Crippen LogP contribution in [0.3, 0.4) is 0 Å². The summed E-state index contributed by atoms with van der Waals surface area (Å²) in [6, 6.07) is 8.13. The first-order valence-electron chi connectivity index (χ1n) is 10.4. The maximum absolute atomic E-state index is 12.8. The average Bonchev–Trinajstić information content (AvgIpc) is 3.02. The largest absolute Gasteiger partial charge is 0.481 e. The van der Waals surface area contributed by atoms with Gasteiger partial charge in [0.25, 0.3) is 0 Å². The normalized spacial score (nSPS) is 20.9. The minimum atomic E-state index is -0.795. The Morgan fingerprint density at radius 1 is 1.21 bits per heavy atom. The van der Waals surface area contributed by atoms with E-state index in [4.69, 9.17) is 5.11 Å². The van der Waals surface area contributed by atoms with Crippen LogP contribution >= 0.6 is 0 Å². The minimum absolute atomic E-state index is 0.0767. The van der Waals surface area contributed by atoms with E-state index >= 15 is 0 Å². The molecule has 29 heavy (non-hydrogen) atoms. The number of rotatable bonds is 8. The van der Waals surface area contributed by atoms with E-state index in [9.17, 15) is 9.59 Å². The van der Waals surface area contributed by atoms with Gasteiger partial charge < -0.3 is 10.4 Å². The summed E-state index contributed by atoms with van der Waals surface area (Å²) in [5.74, 6) is 0.532. The fourth-order valence-electron chi connectivity index (χ4n) is 4.91. The second-order valence-corrected chi connectivity index (χ2v) is 9.00. The third-order valence-corrected chi connectivity index (χ3v) is 6.71. The highest BCUT2D eigenvalue weighted by atomic mass is 16.4. The lowest BCUT2D eigenvalue weighted by molar-refractivity contribution is -0.136. The molecule has 2 aromatic rings. The molecule has 4 rings (SSSR count). The van der Waals surface area contributed by atoms with Crippen LogP contribution in [0.5, 0.6) is 0 Å². The molecule has 0 spiro atoms. The van der Waals surface area contributed by atoms with Crippen molar-refractivity contribution >= 4 is 11.9 Å². The quantitative estimate of drug-likeness (QED) is 0.670. The first-order valence-corrected chi connectivity index (χ1v) is 10.4. The number of benzene rings is 1. The molecule has 154 valence electrons. The summed E-state index contributed by atoms with van der Waals surface area (Å²) in [6.45, 7) is 7.76. The second-order valence-electron chi connectivity index (χ2n) is 9.00. The van der Waals surface area contributed by atoms with Crippen LogP contribution in [-0.2, 0) is 24.2 Å². The molecule has 1 heterocycles. The first kappa shape index (κ1) is 19.8. The van der Waals surface area contributed by atoms with E-state index in [1.165, 1.54) is 5.56 Å². The summed E-state index contributed by atoms with van der Waals surface area (Å²) in [7, 11) is 0. The highest BCUT2D eigenvalue weighted by Gasteiger charge is 2.64. The van der Waals surface area contributed by atoms with Gasteiger partial charge in [-0.2, -0.15) is 5.10 Å². The summed E-state index contributed by atoms with van der Waals surface area (Å²) >= 11 is 0. The molecule has 6 heteroatoms. The van der Waals surface area contributed by atoms with Crippen molar-refractivity contribution in [3.63, 3.8) is 0 Å². The highest BCUT2D eigenvalue weighted by molar-refractivity contribution is 5.80. The Morgan fingerprint density at radius 3 is 2.59 bits per heavy atom. The molecule has 6 nitrogen and oxygen atoms in total. The maximum atomic E-state index is 12.8. The Labute approximate surface area is 171 Å². The molecule has 2 aliphatic carbocycles. The smallest absolute Gasteiger partial charge is 0.304 e. The number of aromatic nitrogens is 2. The van der Waals surface area contributed by atoms with Gasteiger partial charge in [0, 0.05) is 25.1 Å². The molecule has 2 aliphatic rings. The van der Waals surface area contributed by atoms with E-state index in [0.717, 1.165) is 28.9 Å². The lowest BCUT2D eigenvalue weighted by atomic mass is 9.98. The van der Waals surface area contributed by atoms with Gasteiger partial charge in [-0.15, -0.1) is 0 Å². The van der Waals surface area contributed by atoms with E-state index in [1.807, 2.05) is 31.2 Å². The van der Waals surface area contributed by atoms with Crippen LogP contribution in [0.4, 0.5) is 0 Å². The fraction of sp³-hybridized carbons (Fsp3) is 0.522. The van der Waals surface area contributed by atoms with Gasteiger partial charge in [0.15, 0.2) is 0 Å². The second kappa shape index (κ2) is 7.41. The summed E-state index contributed by atoms with van der Waals surface area (Å²) in [4.78, 5) is 23.3. The Hall–Kier alpha value is -2.47. The molecule has 0 bridgehead atoms. The number of carbonyl (C=O) groups is 2. The van der Waals surface area contributed by atoms with Crippen molar-refractivity contribution in [3.05, 3.63) is 52.3 Å². The summed E-state index contributed by atoms with van der Waals surface area (Å²) in [6.07, 6.45) is 2.24. The number of hydrogen-bond acceptors (Lipinski definition) is 4. The minimum Gasteiger partial charge on any atom is -0.481 e. The molecule has 0 saturated heterocycles. The molecule has 0 radical (unpaired) electrons. The van der Waals surface area contributed by atoms with Gasteiger partial charge in [0.2, 0.25) is 5.91 Å². The van der Waals surface area contributed by atoms with Crippen LogP contribution in [-0.4, -0.2) is 33.3 Å². The summed E-state index contributed by atoms with van der Waals surface area (Å²) < 4.78 is 1.67. The molecule has 1 aromatic carbocycles. The number of hydrogen-bond donors (Lipinski definition) is 2. The third-order valence-electron chi connectivity index (χ3n) is 6.71. The zero-order chi connectivity index (χ0) is 20.8. The predicted octanol–water partition coefficient (Wildman–Crippen LogP) is 3.32. The monoisotopic (exact) mass is 395 g/mol. The van der Waals surface area contributed by atoms with Gasteiger partial charge in [-0.1, -0.05) is 38.1 Å². The fourth-order valence-corrected chi connectivity index (χ4v) is 4.91. The van der Waals surface area contributed by atoms with Crippen LogP contribution in [0.1, 0.15) is 65.5 Å². The molecule has 1 fully saturated rings. The molecule has 1 saturated carbocycles. The predicted molar refractivity (Wildman–Crippen MR) is 110 cm³/mol. The van der Waals surface area contributed by atoms with E-state index < -0.39 is 5.97 Å². The molecular weight excluding hydrogens is 366 g/mol. The highest BCUT2D eigenvalue weighted by Crippen LogP contribution is 2.70. The lowest BCUT2D eigenvalue weighted by Gasteiger charge is -2.10. The number of nitrogens with one attached hydrogen (secondary N) is 1. The molecule has 0 aliphatic heterocycles. The van der Waals surface area contributed by atoms with Crippen molar-refractivity contribution in [1.82, 2.24) is 15.1 Å². The van der Waals surface area contributed by atoms with Gasteiger partial charge >= 0.3 is 5.97 Å². The number of carbonyl (C=O) groups excluding carboxylic acids is 1. The van der Waals surface area contributed by atoms with Gasteiger partial charge in [0.05, 0.1) is 17.8 Å². The zero-order valence-corrected chi connectivity index (χ0v) is 17.4. The molecule has 0 amide bonds. The molecule has 1 unspecified atom stereocenters. The van der Waals surface area contributed by atoms with Crippen molar-refractivity contribution in [3.8, 4) is 0 Å². The Morgan fingerprint density at radius 2 is 1.90 bits per heavy atom. The summed E-state index contributed by atoms with van der Waals surface area (Å²) in [5, 5.41) is 16.3. The van der Waals surface area contributed by atoms with Crippen LogP contribution in [0.25, 0.3) is 0 Å². The van der Waals surface area contributed by atoms with Crippen molar-refractivity contribution in [2.24, 2.45) is 11.3 Å². The van der Waals surface area contributed by atoms with E-state index in [1.54, 1.807) is 4.68 Å². The van der Waals surface area contributed by atoms with Crippen LogP contribution in [0.15, 0.2) is 24.3 Å². The third kappa shape index (κ3) is 3.73. The Kier molecular flexibility index (Phi) is 5.07. The molecule has 2 atom stereocenters. The van der Waals surface area contributed by atoms with E-state index in [-0.39, 0.29) is 12.3 Å². The number of carboxylic acid groups (broad SMARTS) is 1. The molecular formula is C23H29N3O3. The topological polar surface area (TPSA) is 84.2 Å². The Bertz CT molecular complexity index is 943. The average molecular weight is 396 g/mol. The standard InChI is InChI=1S/C23H29N3O3/c1-14-21-18(12-17-22(21)23(17,2)3)26(25-14)19(27)9-8-15-4-6-16(7-5-15)13-24-11-10-20(28)29/h4-7,17,22,24H,8-13H2,1-3H3,(H,28,29)/t17-,22?/m0/s1. The SMILES string of the molecule is Cc1nn(C(=O)CCc2ccc(CNCCC(=O)O)cc2)c2c1C1[C@H](C2)C1(C)C. The van der Waals surface area contributed by atoms with Crippen molar-refractivity contribution < 1.29 is 14.7 Å². The van der Waals surface area contributed by atoms with Crippen LogP contribution in [0.2, 0.25) is 0 Å². The van der Waals surface area contributed by atoms with Crippen molar-refractivity contribution in [2.45, 2.75) is 58.9 Å². The Balaban J connectivity index is 1.31. The van der Waals surface area contributed by atoms with Crippen LogP contribution in [0, 0.1) is 18.3 Å². The number of nitrogens with zero attached hydrogens (tertiary/aromatic N) is 2. The van der Waals surface area contributed by atoms with Crippen molar-refractivity contribution in [1.29, 1.82) is 0 Å². The van der Waals surface area contributed by atoms with Crippen LogP contribution < -0.4 is 5.32 Å². The van der Waals surface area contributed by atoms with Gasteiger partial charge in [-0.3, -0.25) is 9.59 Å². The zero-order valence-electron chi connectivity index (χ0n) is 17.4. The van der Waals surface area contributed by atoms with Gasteiger partial charge in [-0.05, 0) is 48.1 Å². The van der Waals surface area contributed by atoms with E-state index in [2.05, 4.69) is 24.3 Å². The summed E-state index contributed by atoms with van der Waals surface area (Å²) in [5.41, 5.74) is 6.08. The van der Waals surface area contributed by atoms with E-state index in [0.29, 0.717) is 43.2 Å². The van der Waals surface area contributed by atoms with Gasteiger partial charge in [-0.25, -0.2) is 4.68 Å². The maximum Gasteiger partial charge on any atom is 0.304 e. The lowest BCUT2D eigenvalue weighted by Crippen LogP contribution is -2.18. The number of aliphatic carboxylic acids is 1. The number of carboxylic acids is 1. The molecule has 2 N–H and O–H groups in total. The van der Waals surface area contributed by atoms with Gasteiger partial charge in [0.1, 0.15) is 0 Å². The number of aryl methyl sites for hydroxylation is 2. The molecule has 1 aromatic heterocycles. The number of fused-ring (bicyclic) bond motifs is 3. The first-order chi connectivity index (χ1) is 13.8. The van der Waals surface area contributed by atoms with Crippen molar-refractivity contribution in [2.75, 3.05) is 6.54 Å².